The van der Waals surface area contributed by atoms with Crippen molar-refractivity contribution in [2.24, 2.45) is 11.7 Å². The van der Waals surface area contributed by atoms with E-state index in [1.807, 2.05) is 38.1 Å². The highest BCUT2D eigenvalue weighted by atomic mass is 16.5. The van der Waals surface area contributed by atoms with E-state index in [-0.39, 0.29) is 11.8 Å². The standard InChI is InChI=1S/C15H24N2O2/c1-11(9-16)10-17-15(18)7-12(2)13-5-4-6-14(8-13)19-3/h4-6,8,11-12H,7,9-10,16H2,1-3H3,(H,17,18). The van der Waals surface area contributed by atoms with Crippen molar-refractivity contribution in [3.05, 3.63) is 29.8 Å². The molecule has 0 aromatic heterocycles. The molecule has 0 heterocycles. The molecular formula is C15H24N2O2. The Morgan fingerprint density at radius 2 is 2.16 bits per heavy atom. The maximum atomic E-state index is 11.8. The van der Waals surface area contributed by atoms with Crippen LogP contribution in [0.1, 0.15) is 31.7 Å². The van der Waals surface area contributed by atoms with Crippen LogP contribution in [0.15, 0.2) is 24.3 Å². The second kappa shape index (κ2) is 7.79. The summed E-state index contributed by atoms with van der Waals surface area (Å²) >= 11 is 0. The summed E-state index contributed by atoms with van der Waals surface area (Å²) in [7, 11) is 1.64. The van der Waals surface area contributed by atoms with Gasteiger partial charge in [-0.05, 0) is 36.1 Å². The van der Waals surface area contributed by atoms with Crippen LogP contribution in [-0.4, -0.2) is 26.1 Å². The number of carbonyl (C=O) groups excluding carboxylic acids is 1. The molecule has 1 amide bonds. The van der Waals surface area contributed by atoms with Crippen molar-refractivity contribution in [3.63, 3.8) is 0 Å². The van der Waals surface area contributed by atoms with E-state index in [0.29, 0.717) is 25.4 Å². The highest BCUT2D eigenvalue weighted by Crippen LogP contribution is 2.22. The third kappa shape index (κ3) is 5.30. The molecule has 0 aliphatic rings. The minimum absolute atomic E-state index is 0.0654. The molecule has 2 unspecified atom stereocenters. The number of rotatable bonds is 7. The Kier molecular flexibility index (Phi) is 6.36. The van der Waals surface area contributed by atoms with E-state index in [9.17, 15) is 4.79 Å². The first-order valence-corrected chi connectivity index (χ1v) is 6.67. The zero-order valence-electron chi connectivity index (χ0n) is 12.0. The molecule has 2 atom stereocenters. The Bertz CT molecular complexity index is 407. The highest BCUT2D eigenvalue weighted by Gasteiger charge is 2.12. The zero-order valence-corrected chi connectivity index (χ0v) is 12.0. The van der Waals surface area contributed by atoms with Crippen LogP contribution in [0, 0.1) is 5.92 Å². The summed E-state index contributed by atoms with van der Waals surface area (Å²) in [5.74, 6) is 1.37. The molecule has 4 nitrogen and oxygen atoms in total. The van der Waals surface area contributed by atoms with E-state index >= 15 is 0 Å². The number of hydrogen-bond acceptors (Lipinski definition) is 3. The summed E-state index contributed by atoms with van der Waals surface area (Å²) in [6.45, 7) is 5.29. The molecule has 0 bridgehead atoms. The lowest BCUT2D eigenvalue weighted by Gasteiger charge is -2.14. The lowest BCUT2D eigenvalue weighted by atomic mass is 9.97. The number of nitrogens with one attached hydrogen (secondary N) is 1. The predicted octanol–water partition coefficient (Wildman–Crippen LogP) is 1.90. The number of methoxy groups -OCH3 is 1. The molecule has 1 rings (SSSR count). The van der Waals surface area contributed by atoms with Crippen molar-refractivity contribution < 1.29 is 9.53 Å². The van der Waals surface area contributed by atoms with E-state index in [1.54, 1.807) is 7.11 Å². The van der Waals surface area contributed by atoms with Crippen LogP contribution in [0.4, 0.5) is 0 Å². The first kappa shape index (κ1) is 15.5. The zero-order chi connectivity index (χ0) is 14.3. The van der Waals surface area contributed by atoms with Crippen LogP contribution in [-0.2, 0) is 4.79 Å². The summed E-state index contributed by atoms with van der Waals surface area (Å²) in [6.07, 6.45) is 0.477. The average molecular weight is 264 g/mol. The van der Waals surface area contributed by atoms with Gasteiger partial charge in [0.1, 0.15) is 5.75 Å². The molecule has 0 aliphatic carbocycles. The fourth-order valence-electron chi connectivity index (χ4n) is 1.79. The molecule has 3 N–H and O–H groups in total. The van der Waals surface area contributed by atoms with Gasteiger partial charge in [0, 0.05) is 13.0 Å². The Morgan fingerprint density at radius 1 is 1.42 bits per heavy atom. The molecule has 0 spiro atoms. The Morgan fingerprint density at radius 3 is 2.79 bits per heavy atom. The molecule has 106 valence electrons. The lowest BCUT2D eigenvalue weighted by molar-refractivity contribution is -0.121. The normalized spacial score (nSPS) is 13.7. The largest absolute Gasteiger partial charge is 0.497 e. The number of hydrogen-bond donors (Lipinski definition) is 2. The van der Waals surface area contributed by atoms with Gasteiger partial charge in [0.25, 0.3) is 0 Å². The minimum atomic E-state index is 0.0654. The molecular weight excluding hydrogens is 240 g/mol. The number of carbonyl (C=O) groups is 1. The van der Waals surface area contributed by atoms with Gasteiger partial charge in [-0.2, -0.15) is 0 Å². The summed E-state index contributed by atoms with van der Waals surface area (Å²) in [5, 5.41) is 2.91. The highest BCUT2D eigenvalue weighted by molar-refractivity contribution is 5.76. The molecule has 4 heteroatoms. The van der Waals surface area contributed by atoms with Crippen LogP contribution in [0.3, 0.4) is 0 Å². The second-order valence-corrected chi connectivity index (χ2v) is 5.03. The first-order chi connectivity index (χ1) is 9.06. The summed E-state index contributed by atoms with van der Waals surface area (Å²) in [4.78, 5) is 11.8. The van der Waals surface area contributed by atoms with Crippen LogP contribution in [0.2, 0.25) is 0 Å². The van der Waals surface area contributed by atoms with Gasteiger partial charge in [-0.1, -0.05) is 26.0 Å². The summed E-state index contributed by atoms with van der Waals surface area (Å²) < 4.78 is 5.19. The Labute approximate surface area is 115 Å². The molecule has 1 aromatic carbocycles. The van der Waals surface area contributed by atoms with E-state index in [0.717, 1.165) is 11.3 Å². The van der Waals surface area contributed by atoms with Gasteiger partial charge >= 0.3 is 0 Å². The smallest absolute Gasteiger partial charge is 0.220 e. The van der Waals surface area contributed by atoms with Crippen molar-refractivity contribution in [1.82, 2.24) is 5.32 Å². The first-order valence-electron chi connectivity index (χ1n) is 6.67. The van der Waals surface area contributed by atoms with E-state index in [1.165, 1.54) is 0 Å². The number of benzene rings is 1. The van der Waals surface area contributed by atoms with Crippen LogP contribution >= 0.6 is 0 Å². The number of nitrogens with two attached hydrogens (primary N) is 1. The van der Waals surface area contributed by atoms with E-state index < -0.39 is 0 Å². The third-order valence-electron chi connectivity index (χ3n) is 3.20. The van der Waals surface area contributed by atoms with Gasteiger partial charge in [-0.15, -0.1) is 0 Å². The van der Waals surface area contributed by atoms with Gasteiger partial charge < -0.3 is 15.8 Å². The van der Waals surface area contributed by atoms with Gasteiger partial charge in [0.15, 0.2) is 0 Å². The third-order valence-corrected chi connectivity index (χ3v) is 3.20. The number of amides is 1. The van der Waals surface area contributed by atoms with Crippen molar-refractivity contribution >= 4 is 5.91 Å². The monoisotopic (exact) mass is 264 g/mol. The van der Waals surface area contributed by atoms with Crippen molar-refractivity contribution in [2.45, 2.75) is 26.2 Å². The van der Waals surface area contributed by atoms with Gasteiger partial charge in [-0.25, -0.2) is 0 Å². The van der Waals surface area contributed by atoms with E-state index in [4.69, 9.17) is 10.5 Å². The Hall–Kier alpha value is -1.55. The summed E-state index contributed by atoms with van der Waals surface area (Å²) in [6, 6.07) is 7.84. The predicted molar refractivity (Wildman–Crippen MR) is 77.3 cm³/mol. The van der Waals surface area contributed by atoms with Crippen LogP contribution in [0.25, 0.3) is 0 Å². The SMILES string of the molecule is COc1cccc(C(C)CC(=O)NCC(C)CN)c1. The van der Waals surface area contributed by atoms with Gasteiger partial charge in [0.2, 0.25) is 5.91 Å². The molecule has 1 aromatic rings. The van der Waals surface area contributed by atoms with Crippen LogP contribution < -0.4 is 15.8 Å². The molecule has 0 radical (unpaired) electrons. The lowest BCUT2D eigenvalue weighted by Crippen LogP contribution is -2.31. The minimum Gasteiger partial charge on any atom is -0.497 e. The maximum Gasteiger partial charge on any atom is 0.220 e. The van der Waals surface area contributed by atoms with Gasteiger partial charge in [0.05, 0.1) is 7.11 Å². The fraction of sp³-hybridized carbons (Fsp3) is 0.533. The van der Waals surface area contributed by atoms with Crippen molar-refractivity contribution in [2.75, 3.05) is 20.2 Å². The van der Waals surface area contributed by atoms with Crippen molar-refractivity contribution in [1.29, 1.82) is 0 Å². The molecule has 0 fully saturated rings. The average Bonchev–Trinajstić information content (AvgIpc) is 2.44. The molecule has 19 heavy (non-hydrogen) atoms. The molecule has 0 saturated carbocycles. The molecule has 0 saturated heterocycles. The quantitative estimate of drug-likeness (QED) is 0.790. The van der Waals surface area contributed by atoms with Crippen LogP contribution in [0.5, 0.6) is 5.75 Å². The number of ether oxygens (including phenoxy) is 1. The van der Waals surface area contributed by atoms with E-state index in [2.05, 4.69) is 5.32 Å². The Balaban J connectivity index is 2.49. The van der Waals surface area contributed by atoms with Gasteiger partial charge in [-0.3, -0.25) is 4.79 Å². The maximum absolute atomic E-state index is 11.8. The second-order valence-electron chi connectivity index (χ2n) is 5.03. The van der Waals surface area contributed by atoms with Crippen molar-refractivity contribution in [3.8, 4) is 5.75 Å². The fourth-order valence-corrected chi connectivity index (χ4v) is 1.79. The summed E-state index contributed by atoms with van der Waals surface area (Å²) in [5.41, 5.74) is 6.63. The molecule has 0 aliphatic heterocycles. The topological polar surface area (TPSA) is 64.3 Å².